The Morgan fingerprint density at radius 2 is 1.96 bits per heavy atom. The summed E-state index contributed by atoms with van der Waals surface area (Å²) in [5, 5.41) is 3.00. The average molecular weight is 423 g/mol. The number of aryl methyl sites for hydroxylation is 1. The predicted molar refractivity (Wildman–Crippen MR) is 110 cm³/mol. The number of carbonyl (C=O) groups excluding carboxylic acids is 1. The van der Waals surface area contributed by atoms with E-state index in [1.54, 1.807) is 30.3 Å². The molecule has 1 aliphatic rings. The van der Waals surface area contributed by atoms with Gasteiger partial charge >= 0.3 is 0 Å². The normalized spacial score (nSPS) is 16.8. The molecule has 0 bridgehead atoms. The molecule has 1 aliphatic heterocycles. The predicted octanol–water partition coefficient (Wildman–Crippen LogP) is 3.38. The summed E-state index contributed by atoms with van der Waals surface area (Å²) in [6, 6.07) is 11.2. The molecule has 1 atom stereocenters. The van der Waals surface area contributed by atoms with Crippen LogP contribution in [0.4, 0.5) is 5.69 Å². The van der Waals surface area contributed by atoms with E-state index in [4.69, 9.17) is 16.3 Å². The van der Waals surface area contributed by atoms with Crippen LogP contribution in [0.3, 0.4) is 0 Å². The van der Waals surface area contributed by atoms with E-state index in [9.17, 15) is 13.2 Å². The van der Waals surface area contributed by atoms with Gasteiger partial charge in [-0.2, -0.15) is 0 Å². The van der Waals surface area contributed by atoms with Crippen LogP contribution in [-0.2, 0) is 14.8 Å². The maximum atomic E-state index is 12.8. The molecule has 8 heteroatoms. The molecular weight excluding hydrogens is 400 g/mol. The van der Waals surface area contributed by atoms with Crippen LogP contribution in [0.25, 0.3) is 0 Å². The average Bonchev–Trinajstić information content (AvgIpc) is 3.19. The minimum Gasteiger partial charge on any atom is -0.376 e. The molecular formula is C20H23ClN2O4S. The van der Waals surface area contributed by atoms with Crippen molar-refractivity contribution >= 4 is 33.2 Å². The number of anilines is 1. The van der Waals surface area contributed by atoms with Crippen LogP contribution in [0.15, 0.2) is 47.4 Å². The highest BCUT2D eigenvalue weighted by Crippen LogP contribution is 2.27. The Hall–Kier alpha value is -2.09. The van der Waals surface area contributed by atoms with Crippen molar-refractivity contribution < 1.29 is 17.9 Å². The van der Waals surface area contributed by atoms with Gasteiger partial charge in [0.25, 0.3) is 15.9 Å². The minimum absolute atomic E-state index is 0.0350. The third-order valence-corrected chi connectivity index (χ3v) is 6.87. The number of benzene rings is 2. The molecule has 1 heterocycles. The second-order valence-electron chi connectivity index (χ2n) is 6.79. The SMILES string of the molecule is Cc1ccc(S(=O)(=O)N(C)c2ccc(C(=O)NC[C@H]3CCCO3)c(Cl)c2)cc1. The second kappa shape index (κ2) is 8.51. The summed E-state index contributed by atoms with van der Waals surface area (Å²) in [5.74, 6) is -0.309. The second-order valence-corrected chi connectivity index (χ2v) is 9.17. The lowest BCUT2D eigenvalue weighted by Crippen LogP contribution is -2.32. The first-order valence-corrected chi connectivity index (χ1v) is 10.9. The van der Waals surface area contributed by atoms with Gasteiger partial charge in [-0.25, -0.2) is 8.42 Å². The van der Waals surface area contributed by atoms with Gasteiger partial charge in [-0.15, -0.1) is 0 Å². The Morgan fingerprint density at radius 1 is 1.25 bits per heavy atom. The Morgan fingerprint density at radius 3 is 2.57 bits per heavy atom. The van der Waals surface area contributed by atoms with Gasteiger partial charge in [0.15, 0.2) is 0 Å². The van der Waals surface area contributed by atoms with Crippen molar-refractivity contribution in [1.29, 1.82) is 0 Å². The smallest absolute Gasteiger partial charge is 0.264 e. The van der Waals surface area contributed by atoms with Crippen LogP contribution in [0.2, 0.25) is 5.02 Å². The van der Waals surface area contributed by atoms with Gasteiger partial charge in [-0.1, -0.05) is 29.3 Å². The molecule has 0 unspecified atom stereocenters. The van der Waals surface area contributed by atoms with Crippen molar-refractivity contribution in [3.05, 3.63) is 58.6 Å². The Kier molecular flexibility index (Phi) is 6.27. The van der Waals surface area contributed by atoms with Gasteiger partial charge in [-0.3, -0.25) is 9.10 Å². The van der Waals surface area contributed by atoms with Crippen molar-refractivity contribution in [2.24, 2.45) is 0 Å². The van der Waals surface area contributed by atoms with E-state index in [-0.39, 0.29) is 21.9 Å². The molecule has 3 rings (SSSR count). The molecule has 0 aromatic heterocycles. The summed E-state index contributed by atoms with van der Waals surface area (Å²) in [6.45, 7) is 3.04. The maximum Gasteiger partial charge on any atom is 0.264 e. The molecule has 2 aromatic rings. The van der Waals surface area contributed by atoms with E-state index in [1.807, 2.05) is 6.92 Å². The highest BCUT2D eigenvalue weighted by molar-refractivity contribution is 7.92. The number of ether oxygens (including phenoxy) is 1. The third kappa shape index (κ3) is 4.48. The van der Waals surface area contributed by atoms with Crippen molar-refractivity contribution in [2.75, 3.05) is 24.5 Å². The van der Waals surface area contributed by atoms with Gasteiger partial charge < -0.3 is 10.1 Å². The largest absolute Gasteiger partial charge is 0.376 e. The van der Waals surface area contributed by atoms with Crippen LogP contribution in [0.5, 0.6) is 0 Å². The molecule has 0 spiro atoms. The number of halogens is 1. The Balaban J connectivity index is 1.75. The summed E-state index contributed by atoms with van der Waals surface area (Å²) in [7, 11) is -2.27. The molecule has 0 aliphatic carbocycles. The lowest BCUT2D eigenvalue weighted by molar-refractivity contribution is 0.0858. The molecule has 28 heavy (non-hydrogen) atoms. The van der Waals surface area contributed by atoms with Crippen LogP contribution >= 0.6 is 11.6 Å². The summed E-state index contributed by atoms with van der Waals surface area (Å²) in [5.41, 5.74) is 1.65. The van der Waals surface area contributed by atoms with E-state index >= 15 is 0 Å². The fourth-order valence-corrected chi connectivity index (χ4v) is 4.45. The molecule has 1 saturated heterocycles. The number of nitrogens with one attached hydrogen (secondary N) is 1. The van der Waals surface area contributed by atoms with Crippen molar-refractivity contribution in [2.45, 2.75) is 30.8 Å². The zero-order valence-corrected chi connectivity index (χ0v) is 17.4. The number of amides is 1. The van der Waals surface area contributed by atoms with Crippen LogP contribution in [-0.4, -0.2) is 40.6 Å². The number of hydrogen-bond donors (Lipinski definition) is 1. The number of hydrogen-bond acceptors (Lipinski definition) is 4. The highest BCUT2D eigenvalue weighted by Gasteiger charge is 2.23. The molecule has 1 fully saturated rings. The van der Waals surface area contributed by atoms with E-state index in [2.05, 4.69) is 5.32 Å². The van der Waals surface area contributed by atoms with Crippen LogP contribution in [0, 0.1) is 6.92 Å². The van der Waals surface area contributed by atoms with Gasteiger partial charge in [0.05, 0.1) is 27.3 Å². The maximum absolute atomic E-state index is 12.8. The van der Waals surface area contributed by atoms with E-state index < -0.39 is 10.0 Å². The minimum atomic E-state index is -3.72. The van der Waals surface area contributed by atoms with Gasteiger partial charge in [0.1, 0.15) is 0 Å². The summed E-state index contributed by atoms with van der Waals surface area (Å²) < 4.78 is 32.3. The highest BCUT2D eigenvalue weighted by atomic mass is 35.5. The fraction of sp³-hybridized carbons (Fsp3) is 0.350. The standard InChI is InChI=1S/C20H23ClN2O4S/c1-14-5-8-17(9-6-14)28(25,26)23(2)15-7-10-18(19(21)12-15)20(24)22-13-16-4-3-11-27-16/h5-10,12,16H,3-4,11,13H2,1-2H3,(H,22,24)/t16-/m1/s1. The number of nitrogens with zero attached hydrogens (tertiary/aromatic N) is 1. The molecule has 2 aromatic carbocycles. The quantitative estimate of drug-likeness (QED) is 0.774. The summed E-state index contributed by atoms with van der Waals surface area (Å²) in [4.78, 5) is 12.6. The van der Waals surface area contributed by atoms with Crippen molar-refractivity contribution in [1.82, 2.24) is 5.32 Å². The monoisotopic (exact) mass is 422 g/mol. The zero-order valence-electron chi connectivity index (χ0n) is 15.8. The molecule has 150 valence electrons. The lowest BCUT2D eigenvalue weighted by Gasteiger charge is -2.20. The Labute approximate surface area is 170 Å². The fourth-order valence-electron chi connectivity index (χ4n) is 3.00. The van der Waals surface area contributed by atoms with Gasteiger partial charge in [0.2, 0.25) is 0 Å². The molecule has 0 saturated carbocycles. The topological polar surface area (TPSA) is 75.7 Å². The number of rotatable bonds is 6. The molecule has 1 N–H and O–H groups in total. The van der Waals surface area contributed by atoms with Crippen LogP contribution in [0.1, 0.15) is 28.8 Å². The number of carbonyl (C=O) groups is 1. The van der Waals surface area contributed by atoms with E-state index in [1.165, 1.54) is 19.2 Å². The molecule has 0 radical (unpaired) electrons. The van der Waals surface area contributed by atoms with Gasteiger partial charge in [-0.05, 0) is 50.1 Å². The van der Waals surface area contributed by atoms with Crippen LogP contribution < -0.4 is 9.62 Å². The van der Waals surface area contributed by atoms with E-state index in [0.29, 0.717) is 17.8 Å². The zero-order chi connectivity index (χ0) is 20.3. The summed E-state index contributed by atoms with van der Waals surface area (Å²) >= 11 is 6.27. The van der Waals surface area contributed by atoms with Gasteiger partial charge in [0, 0.05) is 20.2 Å². The van der Waals surface area contributed by atoms with Crippen molar-refractivity contribution in [3.8, 4) is 0 Å². The summed E-state index contributed by atoms with van der Waals surface area (Å²) in [6.07, 6.45) is 1.96. The first kappa shape index (κ1) is 20.6. The van der Waals surface area contributed by atoms with E-state index in [0.717, 1.165) is 29.3 Å². The third-order valence-electron chi connectivity index (χ3n) is 4.75. The first-order chi connectivity index (χ1) is 13.3. The number of sulfonamides is 1. The Bertz CT molecular complexity index is 955. The molecule has 6 nitrogen and oxygen atoms in total. The first-order valence-electron chi connectivity index (χ1n) is 9.04. The lowest BCUT2D eigenvalue weighted by atomic mass is 10.2. The van der Waals surface area contributed by atoms with Crippen molar-refractivity contribution in [3.63, 3.8) is 0 Å². The molecule has 1 amide bonds.